The number of nitrogens with zero attached hydrogens (tertiary/aromatic N) is 5. The van der Waals surface area contributed by atoms with Gasteiger partial charge in [-0.3, -0.25) is 9.59 Å². The first kappa shape index (κ1) is 20.2. The number of rotatable bonds is 5. The number of H-pyrrole nitrogens is 1. The van der Waals surface area contributed by atoms with E-state index in [0.717, 1.165) is 4.88 Å². The third-order valence-electron chi connectivity index (χ3n) is 4.71. The summed E-state index contributed by atoms with van der Waals surface area (Å²) in [6.07, 6.45) is 0. The Kier molecular flexibility index (Phi) is 5.11. The molecule has 8 nitrogen and oxygen atoms in total. The number of amides is 1. The molecule has 32 heavy (non-hydrogen) atoms. The summed E-state index contributed by atoms with van der Waals surface area (Å²) in [5.41, 5.74) is 0.936. The number of hydrogen-bond acceptors (Lipinski definition) is 7. The number of fused-ring (bicyclic) bond motifs is 1. The van der Waals surface area contributed by atoms with Crippen molar-refractivity contribution in [1.82, 2.24) is 29.6 Å². The molecule has 0 aliphatic rings. The second-order valence-corrected chi connectivity index (χ2v) is 8.80. The van der Waals surface area contributed by atoms with Crippen LogP contribution in [0.1, 0.15) is 16.4 Å². The lowest BCUT2D eigenvalue weighted by Gasteiger charge is -2.14. The number of carbonyl (C=O) groups excluding carboxylic acids is 1. The van der Waals surface area contributed by atoms with E-state index in [4.69, 9.17) is 0 Å². The Labute approximate surface area is 188 Å². The quantitative estimate of drug-likeness (QED) is 0.426. The largest absolute Gasteiger partial charge is 0.331 e. The number of aromatic nitrogens is 5. The van der Waals surface area contributed by atoms with Crippen LogP contribution in [0.3, 0.4) is 0 Å². The molecular formula is C21H15FN6O2S2. The maximum absolute atomic E-state index is 13.4. The summed E-state index contributed by atoms with van der Waals surface area (Å²) in [6.45, 7) is 0.0826. The summed E-state index contributed by atoms with van der Waals surface area (Å²) in [7, 11) is 1.59. The second-order valence-electron chi connectivity index (χ2n) is 6.93. The van der Waals surface area contributed by atoms with Crippen LogP contribution in [-0.2, 0) is 6.54 Å². The van der Waals surface area contributed by atoms with E-state index in [1.807, 2.05) is 17.5 Å². The molecule has 0 radical (unpaired) electrons. The summed E-state index contributed by atoms with van der Waals surface area (Å²) in [5, 5.41) is 8.09. The molecule has 0 saturated carbocycles. The van der Waals surface area contributed by atoms with Crippen molar-refractivity contribution >= 4 is 38.8 Å². The standard InChI is InChI=1S/C21H15FN6O2S2/c1-27(11-16-23-14-8-10-32-17(14)20(29)24-16)21(30)18-25-19(15-3-2-9-31-15)28(26-18)13-6-4-12(22)5-7-13/h2-10H,11H2,1H3,(H,23,24,29). The van der Waals surface area contributed by atoms with E-state index in [9.17, 15) is 14.0 Å². The Hall–Kier alpha value is -3.70. The van der Waals surface area contributed by atoms with Crippen molar-refractivity contribution in [2.24, 2.45) is 0 Å². The van der Waals surface area contributed by atoms with Crippen LogP contribution in [0.5, 0.6) is 0 Å². The SMILES string of the molecule is CN(Cc1nc2ccsc2c(=O)[nH]1)C(=O)c1nc(-c2cccs2)n(-c2ccc(F)cc2)n1. The van der Waals surface area contributed by atoms with Gasteiger partial charge in [-0.2, -0.15) is 0 Å². The Morgan fingerprint density at radius 2 is 1.94 bits per heavy atom. The van der Waals surface area contributed by atoms with E-state index in [-0.39, 0.29) is 23.7 Å². The summed E-state index contributed by atoms with van der Waals surface area (Å²) >= 11 is 2.77. The van der Waals surface area contributed by atoms with Gasteiger partial charge in [-0.1, -0.05) is 6.07 Å². The van der Waals surface area contributed by atoms with Gasteiger partial charge in [0.05, 0.1) is 22.6 Å². The van der Waals surface area contributed by atoms with Gasteiger partial charge in [-0.25, -0.2) is 19.0 Å². The van der Waals surface area contributed by atoms with Gasteiger partial charge < -0.3 is 9.88 Å². The molecule has 160 valence electrons. The normalized spacial score (nSPS) is 11.2. The van der Waals surface area contributed by atoms with Crippen molar-refractivity contribution in [3.63, 3.8) is 0 Å². The zero-order valence-corrected chi connectivity index (χ0v) is 18.3. The number of aromatic amines is 1. The lowest BCUT2D eigenvalue weighted by molar-refractivity contribution is 0.0769. The first-order valence-corrected chi connectivity index (χ1v) is 11.2. The Balaban J connectivity index is 1.48. The van der Waals surface area contributed by atoms with Gasteiger partial charge in [-0.05, 0) is 47.2 Å². The minimum absolute atomic E-state index is 0.0146. The Morgan fingerprint density at radius 3 is 2.69 bits per heavy atom. The van der Waals surface area contributed by atoms with E-state index in [2.05, 4.69) is 20.1 Å². The van der Waals surface area contributed by atoms with Crippen molar-refractivity contribution in [1.29, 1.82) is 0 Å². The summed E-state index contributed by atoms with van der Waals surface area (Å²) in [4.78, 5) is 39.1. The molecule has 0 aliphatic heterocycles. The molecule has 0 spiro atoms. The average molecular weight is 467 g/mol. The number of carbonyl (C=O) groups is 1. The summed E-state index contributed by atoms with van der Waals surface area (Å²) < 4.78 is 15.5. The molecule has 5 aromatic rings. The van der Waals surface area contributed by atoms with Gasteiger partial charge >= 0.3 is 0 Å². The van der Waals surface area contributed by atoms with Crippen LogP contribution in [0.4, 0.5) is 4.39 Å². The van der Waals surface area contributed by atoms with E-state index >= 15 is 0 Å². The van der Waals surface area contributed by atoms with Gasteiger partial charge in [0.1, 0.15) is 16.3 Å². The average Bonchev–Trinajstić information content (AvgIpc) is 3.53. The fraction of sp³-hybridized carbons (Fsp3) is 0.0952. The van der Waals surface area contributed by atoms with Crippen LogP contribution in [0.25, 0.3) is 26.6 Å². The molecule has 0 bridgehead atoms. The minimum atomic E-state index is -0.434. The lowest BCUT2D eigenvalue weighted by Crippen LogP contribution is -2.29. The van der Waals surface area contributed by atoms with Crippen LogP contribution in [-0.4, -0.2) is 42.6 Å². The van der Waals surface area contributed by atoms with E-state index < -0.39 is 5.91 Å². The van der Waals surface area contributed by atoms with Crippen molar-refractivity contribution in [2.75, 3.05) is 7.05 Å². The van der Waals surface area contributed by atoms with Crippen molar-refractivity contribution in [2.45, 2.75) is 6.54 Å². The molecule has 11 heteroatoms. The number of halogens is 1. The van der Waals surface area contributed by atoms with Crippen molar-refractivity contribution < 1.29 is 9.18 Å². The maximum atomic E-state index is 13.4. The van der Waals surface area contributed by atoms with Crippen LogP contribution in [0, 0.1) is 5.82 Å². The molecule has 0 atom stereocenters. The van der Waals surface area contributed by atoms with Gasteiger partial charge in [0.25, 0.3) is 11.5 Å². The molecule has 1 amide bonds. The summed E-state index contributed by atoms with van der Waals surface area (Å²) in [6, 6.07) is 11.3. The van der Waals surface area contributed by atoms with E-state index in [0.29, 0.717) is 27.6 Å². The summed E-state index contributed by atoms with van der Waals surface area (Å²) in [5.74, 6) is 0.0327. The smallest absolute Gasteiger partial charge is 0.293 e. The highest BCUT2D eigenvalue weighted by Crippen LogP contribution is 2.26. The molecule has 1 N–H and O–H groups in total. The first-order valence-electron chi connectivity index (χ1n) is 9.48. The lowest BCUT2D eigenvalue weighted by atomic mass is 10.3. The fourth-order valence-electron chi connectivity index (χ4n) is 3.19. The molecule has 0 fully saturated rings. The molecule has 0 unspecified atom stereocenters. The van der Waals surface area contributed by atoms with Gasteiger partial charge in [-0.15, -0.1) is 27.8 Å². The highest BCUT2D eigenvalue weighted by atomic mass is 32.1. The van der Waals surface area contributed by atoms with Crippen LogP contribution >= 0.6 is 22.7 Å². The number of nitrogens with one attached hydrogen (secondary N) is 1. The van der Waals surface area contributed by atoms with E-state index in [1.54, 1.807) is 30.6 Å². The van der Waals surface area contributed by atoms with Crippen LogP contribution in [0.15, 0.2) is 58.0 Å². The number of hydrogen-bond donors (Lipinski definition) is 1. The monoisotopic (exact) mass is 466 g/mol. The zero-order chi connectivity index (χ0) is 22.2. The van der Waals surface area contributed by atoms with Crippen molar-refractivity contribution in [3.8, 4) is 16.4 Å². The highest BCUT2D eigenvalue weighted by molar-refractivity contribution is 7.17. The topological polar surface area (TPSA) is 96.8 Å². The van der Waals surface area contributed by atoms with Crippen LogP contribution < -0.4 is 5.56 Å². The number of thiophene rings is 2. The maximum Gasteiger partial charge on any atom is 0.293 e. The Morgan fingerprint density at radius 1 is 1.12 bits per heavy atom. The fourth-order valence-corrected chi connectivity index (χ4v) is 4.62. The number of benzene rings is 1. The predicted octanol–water partition coefficient (Wildman–Crippen LogP) is 3.71. The highest BCUT2D eigenvalue weighted by Gasteiger charge is 2.23. The molecule has 4 aromatic heterocycles. The zero-order valence-electron chi connectivity index (χ0n) is 16.7. The van der Waals surface area contributed by atoms with Crippen LogP contribution in [0.2, 0.25) is 0 Å². The van der Waals surface area contributed by atoms with E-state index in [1.165, 1.54) is 44.4 Å². The molecule has 1 aromatic carbocycles. The molecule has 0 aliphatic carbocycles. The van der Waals surface area contributed by atoms with Gasteiger partial charge in [0, 0.05) is 7.05 Å². The molecule has 4 heterocycles. The van der Waals surface area contributed by atoms with Crippen molar-refractivity contribution in [3.05, 3.63) is 81.0 Å². The first-order chi connectivity index (χ1) is 15.5. The predicted molar refractivity (Wildman–Crippen MR) is 121 cm³/mol. The molecular weight excluding hydrogens is 451 g/mol. The third kappa shape index (κ3) is 3.72. The minimum Gasteiger partial charge on any atom is -0.331 e. The third-order valence-corrected chi connectivity index (χ3v) is 6.48. The van der Waals surface area contributed by atoms with Gasteiger partial charge in [0.2, 0.25) is 5.82 Å². The van der Waals surface area contributed by atoms with Gasteiger partial charge in [0.15, 0.2) is 5.82 Å². The molecule has 5 rings (SSSR count). The Bertz CT molecular complexity index is 1470. The molecule has 0 saturated heterocycles. The second kappa shape index (κ2) is 8.09.